The predicted octanol–water partition coefficient (Wildman–Crippen LogP) is 0.907. The van der Waals surface area contributed by atoms with E-state index in [1.54, 1.807) is 0 Å². The Morgan fingerprint density at radius 1 is 1.05 bits per heavy atom. The van der Waals surface area contributed by atoms with Crippen LogP contribution in [-0.2, 0) is 20.0 Å². The number of hydrogen-bond acceptors (Lipinski definition) is 4. The lowest BCUT2D eigenvalue weighted by Gasteiger charge is -2.18. The molecule has 0 aromatic heterocycles. The molecule has 6 nitrogen and oxygen atoms in total. The molecular weight excluding hydrogens is 333 g/mol. The predicted molar refractivity (Wildman–Crippen MR) is 68.3 cm³/mol. The van der Waals surface area contributed by atoms with Crippen LogP contribution in [0.25, 0.3) is 0 Å². The fourth-order valence-electron chi connectivity index (χ4n) is 1.39. The molecule has 0 heterocycles. The minimum atomic E-state index is -4.47. The highest BCUT2D eigenvalue weighted by Crippen LogP contribution is 2.22. The molecule has 11 heteroatoms. The normalized spacial score (nSPS) is 13.6. The monoisotopic (exact) mass is 346 g/mol. The van der Waals surface area contributed by atoms with Crippen molar-refractivity contribution in [1.29, 1.82) is 0 Å². The van der Waals surface area contributed by atoms with E-state index in [1.165, 1.54) is 0 Å². The molecule has 120 valence electrons. The first kappa shape index (κ1) is 17.9. The molecule has 0 fully saturated rings. The molecule has 1 aromatic carbocycles. The van der Waals surface area contributed by atoms with Gasteiger partial charge in [-0.05, 0) is 24.3 Å². The second-order valence-corrected chi connectivity index (χ2v) is 7.81. The number of primary sulfonamides is 1. The van der Waals surface area contributed by atoms with E-state index in [1.807, 2.05) is 0 Å². The maximum atomic E-state index is 12.1. The van der Waals surface area contributed by atoms with Crippen LogP contribution in [0.4, 0.5) is 13.2 Å². The van der Waals surface area contributed by atoms with Crippen molar-refractivity contribution in [2.24, 2.45) is 5.14 Å². The number of hydrogen-bond donors (Lipinski definition) is 1. The quantitative estimate of drug-likeness (QED) is 0.857. The summed E-state index contributed by atoms with van der Waals surface area (Å²) in [4.78, 5) is -0.612. The summed E-state index contributed by atoms with van der Waals surface area (Å²) in [6, 6.07) is 3.89. The van der Waals surface area contributed by atoms with Crippen LogP contribution in [0.5, 0.6) is 0 Å². The molecule has 0 amide bonds. The summed E-state index contributed by atoms with van der Waals surface area (Å²) >= 11 is 0. The summed E-state index contributed by atoms with van der Waals surface area (Å²) < 4.78 is 82.9. The Kier molecular flexibility index (Phi) is 5.03. The molecule has 0 unspecified atom stereocenters. The van der Waals surface area contributed by atoms with Crippen molar-refractivity contribution in [3.8, 4) is 0 Å². The summed E-state index contributed by atoms with van der Waals surface area (Å²) in [6.45, 7) is -0.733. The molecule has 0 radical (unpaired) electrons. The van der Waals surface area contributed by atoms with Gasteiger partial charge in [-0.1, -0.05) is 0 Å². The van der Waals surface area contributed by atoms with Crippen molar-refractivity contribution >= 4 is 20.0 Å². The van der Waals surface area contributed by atoms with Gasteiger partial charge in [0.1, 0.15) is 0 Å². The first-order valence-corrected chi connectivity index (χ1v) is 8.48. The zero-order valence-electron chi connectivity index (χ0n) is 10.8. The van der Waals surface area contributed by atoms with Crippen molar-refractivity contribution in [2.75, 3.05) is 13.6 Å². The van der Waals surface area contributed by atoms with Crippen molar-refractivity contribution in [2.45, 2.75) is 22.4 Å². The van der Waals surface area contributed by atoms with Gasteiger partial charge in [0, 0.05) is 13.6 Å². The number of sulfonamides is 2. The van der Waals surface area contributed by atoms with Gasteiger partial charge in [-0.25, -0.2) is 26.3 Å². The van der Waals surface area contributed by atoms with Gasteiger partial charge in [0.05, 0.1) is 16.2 Å². The average Bonchev–Trinajstić information content (AvgIpc) is 2.34. The molecule has 2 N–H and O–H groups in total. The number of benzene rings is 1. The smallest absolute Gasteiger partial charge is 0.225 e. The van der Waals surface area contributed by atoms with Gasteiger partial charge in [0.15, 0.2) is 0 Å². The van der Waals surface area contributed by atoms with E-state index in [0.29, 0.717) is 4.31 Å². The van der Waals surface area contributed by atoms with Crippen LogP contribution in [-0.4, -0.2) is 40.9 Å². The third-order valence-corrected chi connectivity index (χ3v) is 5.37. The Morgan fingerprint density at radius 3 is 1.86 bits per heavy atom. The average molecular weight is 346 g/mol. The first-order valence-electron chi connectivity index (χ1n) is 5.50. The van der Waals surface area contributed by atoms with Crippen molar-refractivity contribution in [3.05, 3.63) is 24.3 Å². The molecule has 0 aliphatic carbocycles. The van der Waals surface area contributed by atoms with Crippen LogP contribution in [0.2, 0.25) is 0 Å². The minimum absolute atomic E-state index is 0.292. The van der Waals surface area contributed by atoms with E-state index < -0.39 is 39.2 Å². The summed E-state index contributed by atoms with van der Waals surface area (Å²) in [6.07, 6.45) is -5.75. The molecule has 0 saturated carbocycles. The maximum absolute atomic E-state index is 12.1. The van der Waals surface area contributed by atoms with Crippen LogP contribution in [0.15, 0.2) is 34.1 Å². The lowest BCUT2D eigenvalue weighted by molar-refractivity contribution is -0.135. The topological polar surface area (TPSA) is 97.5 Å². The molecular formula is C10H13F3N2O4S2. The molecule has 1 aromatic rings. The maximum Gasteiger partial charge on any atom is 0.390 e. The van der Waals surface area contributed by atoms with Gasteiger partial charge in [-0.2, -0.15) is 13.2 Å². The number of nitrogens with zero attached hydrogens (tertiary/aromatic N) is 1. The Hall–Kier alpha value is -1.17. The van der Waals surface area contributed by atoms with Gasteiger partial charge >= 0.3 is 6.18 Å². The second kappa shape index (κ2) is 5.91. The van der Waals surface area contributed by atoms with Gasteiger partial charge in [0.25, 0.3) is 0 Å². The molecule has 0 atom stereocenters. The summed E-state index contributed by atoms with van der Waals surface area (Å²) in [5.41, 5.74) is 0. The Bertz CT molecular complexity index is 697. The lowest BCUT2D eigenvalue weighted by atomic mass is 10.4. The number of rotatable bonds is 5. The Labute approximate surface area is 120 Å². The third kappa shape index (κ3) is 4.95. The van der Waals surface area contributed by atoms with Crippen molar-refractivity contribution in [3.63, 3.8) is 0 Å². The zero-order valence-corrected chi connectivity index (χ0v) is 12.5. The van der Waals surface area contributed by atoms with Crippen LogP contribution in [0.1, 0.15) is 6.42 Å². The molecule has 0 aliphatic heterocycles. The standard InChI is InChI=1S/C10H13F3N2O4S2/c1-15(7-6-10(11,12)13)21(18,19)9-4-2-8(3-5-9)20(14,16)17/h2-5H,6-7H2,1H3,(H2,14,16,17). The number of halogens is 3. The first-order chi connectivity index (χ1) is 9.34. The van der Waals surface area contributed by atoms with Crippen LogP contribution >= 0.6 is 0 Å². The molecule has 0 saturated heterocycles. The SMILES string of the molecule is CN(CCC(F)(F)F)S(=O)(=O)c1ccc(S(N)(=O)=O)cc1. The molecule has 21 heavy (non-hydrogen) atoms. The van der Waals surface area contributed by atoms with Crippen LogP contribution < -0.4 is 5.14 Å². The van der Waals surface area contributed by atoms with Crippen molar-refractivity contribution < 1.29 is 30.0 Å². The van der Waals surface area contributed by atoms with E-state index >= 15 is 0 Å². The minimum Gasteiger partial charge on any atom is -0.225 e. The largest absolute Gasteiger partial charge is 0.390 e. The highest BCUT2D eigenvalue weighted by atomic mass is 32.2. The fraction of sp³-hybridized carbons (Fsp3) is 0.400. The van der Waals surface area contributed by atoms with Crippen molar-refractivity contribution in [1.82, 2.24) is 4.31 Å². The van der Waals surface area contributed by atoms with Gasteiger partial charge < -0.3 is 0 Å². The van der Waals surface area contributed by atoms with Gasteiger partial charge in [0.2, 0.25) is 20.0 Å². The molecule has 0 spiro atoms. The third-order valence-electron chi connectivity index (χ3n) is 2.57. The highest BCUT2D eigenvalue weighted by Gasteiger charge is 2.30. The lowest BCUT2D eigenvalue weighted by Crippen LogP contribution is -2.30. The summed E-state index contributed by atoms with van der Waals surface area (Å²) in [5, 5.41) is 4.86. The van der Waals surface area contributed by atoms with Crippen LogP contribution in [0, 0.1) is 0 Å². The zero-order chi connectivity index (χ0) is 16.5. The van der Waals surface area contributed by atoms with E-state index in [0.717, 1.165) is 31.3 Å². The number of alkyl halides is 3. The Balaban J connectivity index is 2.98. The van der Waals surface area contributed by atoms with E-state index in [-0.39, 0.29) is 9.79 Å². The molecule has 1 rings (SSSR count). The Morgan fingerprint density at radius 2 is 1.48 bits per heavy atom. The number of nitrogens with two attached hydrogens (primary N) is 1. The summed E-state index contributed by atoms with van der Waals surface area (Å²) in [7, 11) is -7.09. The van der Waals surface area contributed by atoms with Gasteiger partial charge in [-0.3, -0.25) is 0 Å². The van der Waals surface area contributed by atoms with Crippen LogP contribution in [0.3, 0.4) is 0 Å². The molecule has 0 bridgehead atoms. The van der Waals surface area contributed by atoms with E-state index in [2.05, 4.69) is 0 Å². The van der Waals surface area contributed by atoms with E-state index in [4.69, 9.17) is 5.14 Å². The van der Waals surface area contributed by atoms with E-state index in [9.17, 15) is 30.0 Å². The molecule has 0 aliphatic rings. The van der Waals surface area contributed by atoms with Gasteiger partial charge in [-0.15, -0.1) is 0 Å². The second-order valence-electron chi connectivity index (χ2n) is 4.21. The highest BCUT2D eigenvalue weighted by molar-refractivity contribution is 7.89. The fourth-order valence-corrected chi connectivity index (χ4v) is 3.07. The summed E-state index contributed by atoms with van der Waals surface area (Å²) in [5.74, 6) is 0.